The topological polar surface area (TPSA) is 85.0 Å². The number of fused-ring (bicyclic) bond motifs is 1. The number of aromatic nitrogens is 2. The number of nitriles is 1. The first-order valence-corrected chi connectivity index (χ1v) is 10.3. The Morgan fingerprint density at radius 2 is 2.03 bits per heavy atom. The molecule has 0 aliphatic rings. The highest BCUT2D eigenvalue weighted by Crippen LogP contribution is 2.21. The Kier molecular flexibility index (Phi) is 7.04. The summed E-state index contributed by atoms with van der Waals surface area (Å²) in [6, 6.07) is 16.9. The van der Waals surface area contributed by atoms with E-state index in [0.29, 0.717) is 46.8 Å². The maximum Gasteiger partial charge on any atom is 0.337 e. The average molecular weight is 407 g/mol. The van der Waals surface area contributed by atoms with Gasteiger partial charge < -0.3 is 4.74 Å². The van der Waals surface area contributed by atoms with Crippen molar-refractivity contribution in [2.75, 3.05) is 12.9 Å². The van der Waals surface area contributed by atoms with E-state index in [1.807, 2.05) is 30.3 Å². The van der Waals surface area contributed by atoms with Crippen LogP contribution in [-0.2, 0) is 17.7 Å². The second-order valence-electron chi connectivity index (χ2n) is 6.42. The number of thioether (sulfide) groups is 1. The van der Waals surface area contributed by atoms with E-state index in [0.717, 1.165) is 12.0 Å². The van der Waals surface area contributed by atoms with E-state index in [2.05, 4.69) is 11.1 Å². The van der Waals surface area contributed by atoms with E-state index in [1.165, 1.54) is 18.9 Å². The van der Waals surface area contributed by atoms with Gasteiger partial charge in [-0.25, -0.2) is 9.78 Å². The zero-order valence-electron chi connectivity index (χ0n) is 16.1. The number of carbonyl (C=O) groups excluding carboxylic acids is 1. The molecule has 0 unspecified atom stereocenters. The third-order valence-corrected chi connectivity index (χ3v) is 5.54. The molecular weight excluding hydrogens is 386 g/mol. The summed E-state index contributed by atoms with van der Waals surface area (Å²) >= 11 is 1.46. The minimum absolute atomic E-state index is 0.134. The Balaban J connectivity index is 1.98. The van der Waals surface area contributed by atoms with E-state index >= 15 is 0 Å². The molecule has 3 aromatic rings. The van der Waals surface area contributed by atoms with Crippen LogP contribution < -0.4 is 5.56 Å². The number of esters is 1. The summed E-state index contributed by atoms with van der Waals surface area (Å²) in [6.45, 7) is 0.505. The van der Waals surface area contributed by atoms with Gasteiger partial charge in [-0.3, -0.25) is 9.36 Å². The number of nitrogens with zero attached hydrogens (tertiary/aromatic N) is 3. The smallest absolute Gasteiger partial charge is 0.337 e. The Bertz CT molecular complexity index is 1100. The van der Waals surface area contributed by atoms with Gasteiger partial charge in [-0.15, -0.1) is 0 Å². The predicted molar refractivity (Wildman–Crippen MR) is 113 cm³/mol. The Hall–Kier alpha value is -3.11. The molecule has 29 heavy (non-hydrogen) atoms. The summed E-state index contributed by atoms with van der Waals surface area (Å²) in [7, 11) is 1.32. The van der Waals surface area contributed by atoms with Crippen molar-refractivity contribution in [2.45, 2.75) is 31.0 Å². The fourth-order valence-corrected chi connectivity index (χ4v) is 3.92. The van der Waals surface area contributed by atoms with Gasteiger partial charge >= 0.3 is 5.97 Å². The molecule has 0 amide bonds. The number of hydrogen-bond donors (Lipinski definition) is 0. The van der Waals surface area contributed by atoms with Crippen molar-refractivity contribution in [1.82, 2.24) is 9.55 Å². The minimum atomic E-state index is -0.467. The molecule has 0 N–H and O–H groups in total. The molecule has 3 rings (SSSR count). The van der Waals surface area contributed by atoms with Gasteiger partial charge in [0.25, 0.3) is 5.56 Å². The molecule has 0 atom stereocenters. The fraction of sp³-hybridized carbons (Fsp3) is 0.273. The quantitative estimate of drug-likeness (QED) is 0.244. The number of hydrogen-bond acceptors (Lipinski definition) is 6. The molecule has 0 bridgehead atoms. The molecule has 0 saturated heterocycles. The van der Waals surface area contributed by atoms with Crippen LogP contribution in [0.1, 0.15) is 28.8 Å². The van der Waals surface area contributed by atoms with Crippen LogP contribution in [-0.4, -0.2) is 28.4 Å². The highest BCUT2D eigenvalue weighted by Gasteiger charge is 2.14. The first-order chi connectivity index (χ1) is 14.1. The largest absolute Gasteiger partial charge is 0.465 e. The maximum atomic E-state index is 13.2. The predicted octanol–water partition coefficient (Wildman–Crippen LogP) is 3.82. The molecule has 0 saturated carbocycles. The molecule has 0 spiro atoms. The number of ether oxygens (including phenoxy) is 1. The summed E-state index contributed by atoms with van der Waals surface area (Å²) in [5.74, 6) is 0.221. The van der Waals surface area contributed by atoms with Crippen molar-refractivity contribution in [1.29, 1.82) is 5.26 Å². The van der Waals surface area contributed by atoms with Gasteiger partial charge in [-0.05, 0) is 36.6 Å². The molecular formula is C22H21N3O3S. The standard InChI is InChI=1S/C22H21N3O3S/c1-28-21(27)17-9-10-18-19(15-17)24-22(29-14-6-5-12-23)25(20(18)26)13-11-16-7-3-2-4-8-16/h2-4,7-10,15H,5-6,11,13-14H2,1H3. The third-order valence-electron chi connectivity index (χ3n) is 4.47. The zero-order valence-corrected chi connectivity index (χ0v) is 16.9. The molecule has 0 aliphatic carbocycles. The van der Waals surface area contributed by atoms with Crippen LogP contribution >= 0.6 is 11.8 Å². The third kappa shape index (κ3) is 5.04. The minimum Gasteiger partial charge on any atom is -0.465 e. The van der Waals surface area contributed by atoms with Crippen LogP contribution in [0.3, 0.4) is 0 Å². The number of methoxy groups -OCH3 is 1. The molecule has 6 nitrogen and oxygen atoms in total. The highest BCUT2D eigenvalue weighted by molar-refractivity contribution is 7.99. The first-order valence-electron chi connectivity index (χ1n) is 9.30. The Labute approximate surface area is 173 Å². The molecule has 1 heterocycles. The van der Waals surface area contributed by atoms with Crippen LogP contribution in [0, 0.1) is 11.3 Å². The maximum absolute atomic E-state index is 13.2. The van der Waals surface area contributed by atoms with Gasteiger partial charge in [-0.1, -0.05) is 42.1 Å². The van der Waals surface area contributed by atoms with Gasteiger partial charge in [0.15, 0.2) is 5.16 Å². The van der Waals surface area contributed by atoms with Crippen LogP contribution in [0.5, 0.6) is 0 Å². The number of rotatable bonds is 8. The zero-order chi connectivity index (χ0) is 20.6. The molecule has 0 aliphatic heterocycles. The van der Waals surface area contributed by atoms with E-state index in [-0.39, 0.29) is 5.56 Å². The SMILES string of the molecule is COC(=O)c1ccc2c(=O)n(CCc3ccccc3)c(SCCCC#N)nc2c1. The molecule has 148 valence electrons. The lowest BCUT2D eigenvalue weighted by Gasteiger charge is -2.13. The van der Waals surface area contributed by atoms with Gasteiger partial charge in [0.1, 0.15) is 0 Å². The van der Waals surface area contributed by atoms with E-state index in [1.54, 1.807) is 22.8 Å². The first kappa shape index (κ1) is 20.6. The summed E-state index contributed by atoms with van der Waals surface area (Å²) in [6.07, 6.45) is 1.89. The Morgan fingerprint density at radius 1 is 1.24 bits per heavy atom. The Morgan fingerprint density at radius 3 is 2.76 bits per heavy atom. The lowest BCUT2D eigenvalue weighted by molar-refractivity contribution is 0.0601. The number of unbranched alkanes of at least 4 members (excludes halogenated alkanes) is 1. The average Bonchev–Trinajstić information content (AvgIpc) is 2.76. The molecule has 1 aromatic heterocycles. The molecule has 2 aromatic carbocycles. The van der Waals surface area contributed by atoms with Crippen molar-refractivity contribution in [3.63, 3.8) is 0 Å². The summed E-state index contributed by atoms with van der Waals surface area (Å²) < 4.78 is 6.45. The van der Waals surface area contributed by atoms with E-state index < -0.39 is 5.97 Å². The van der Waals surface area contributed by atoms with Gasteiger partial charge in [0, 0.05) is 18.7 Å². The summed E-state index contributed by atoms with van der Waals surface area (Å²) in [5.41, 5.74) is 1.83. The van der Waals surface area contributed by atoms with E-state index in [4.69, 9.17) is 10.00 Å². The van der Waals surface area contributed by atoms with E-state index in [9.17, 15) is 9.59 Å². The molecule has 0 radical (unpaired) electrons. The fourth-order valence-electron chi connectivity index (χ4n) is 2.95. The van der Waals surface area contributed by atoms with Crippen LogP contribution in [0.4, 0.5) is 0 Å². The normalized spacial score (nSPS) is 10.6. The van der Waals surface area contributed by atoms with Gasteiger partial charge in [0.05, 0.1) is 29.6 Å². The van der Waals surface area contributed by atoms with Crippen LogP contribution in [0.2, 0.25) is 0 Å². The molecule has 7 heteroatoms. The number of carbonyl (C=O) groups is 1. The van der Waals surface area contributed by atoms with Crippen LogP contribution in [0.15, 0.2) is 58.5 Å². The van der Waals surface area contributed by atoms with Crippen molar-refractivity contribution < 1.29 is 9.53 Å². The second-order valence-corrected chi connectivity index (χ2v) is 7.48. The lowest BCUT2D eigenvalue weighted by atomic mass is 10.1. The highest BCUT2D eigenvalue weighted by atomic mass is 32.2. The monoisotopic (exact) mass is 407 g/mol. The van der Waals surface area contributed by atoms with Gasteiger partial charge in [0.2, 0.25) is 0 Å². The van der Waals surface area contributed by atoms with Crippen molar-refractivity contribution >= 4 is 28.6 Å². The number of aryl methyl sites for hydroxylation is 1. The van der Waals surface area contributed by atoms with Crippen molar-refractivity contribution in [3.8, 4) is 6.07 Å². The summed E-state index contributed by atoms with van der Waals surface area (Å²) in [4.78, 5) is 29.6. The molecule has 0 fully saturated rings. The van der Waals surface area contributed by atoms with Crippen molar-refractivity contribution in [3.05, 3.63) is 70.0 Å². The second kappa shape index (κ2) is 9.89. The number of benzene rings is 2. The van der Waals surface area contributed by atoms with Crippen LogP contribution in [0.25, 0.3) is 10.9 Å². The van der Waals surface area contributed by atoms with Gasteiger partial charge in [-0.2, -0.15) is 5.26 Å². The summed E-state index contributed by atoms with van der Waals surface area (Å²) in [5, 5.41) is 9.81. The van der Waals surface area contributed by atoms with Crippen molar-refractivity contribution in [2.24, 2.45) is 0 Å². The lowest BCUT2D eigenvalue weighted by Crippen LogP contribution is -2.24.